The van der Waals surface area contributed by atoms with Gasteiger partial charge in [0.25, 0.3) is 6.43 Å². The zero-order valence-electron chi connectivity index (χ0n) is 19.9. The molecule has 0 radical (unpaired) electrons. The molecule has 2 aliphatic rings. The molecule has 9 heteroatoms. The summed E-state index contributed by atoms with van der Waals surface area (Å²) in [5.41, 5.74) is 5.25. The number of halogens is 2. The zero-order chi connectivity index (χ0) is 24.0. The first-order valence-corrected chi connectivity index (χ1v) is 11.9. The lowest BCUT2D eigenvalue weighted by atomic mass is 9.92. The van der Waals surface area contributed by atoms with Crippen LogP contribution in [0.4, 0.5) is 20.3 Å². The van der Waals surface area contributed by atoms with Crippen molar-refractivity contribution in [3.05, 3.63) is 46.9 Å². The van der Waals surface area contributed by atoms with Crippen LogP contribution in [0.3, 0.4) is 0 Å². The number of carbonyl (C=O) groups is 1. The lowest BCUT2D eigenvalue weighted by Gasteiger charge is -2.33. The molecule has 34 heavy (non-hydrogen) atoms. The van der Waals surface area contributed by atoms with Crippen molar-refractivity contribution < 1.29 is 13.6 Å². The van der Waals surface area contributed by atoms with Gasteiger partial charge in [0.05, 0.1) is 12.7 Å². The minimum Gasteiger partial charge on any atom is -0.338 e. The number of fused-ring (bicyclic) bond motifs is 2. The Morgan fingerprint density at radius 1 is 1.21 bits per heavy atom. The second-order valence-electron chi connectivity index (χ2n) is 9.19. The highest BCUT2D eigenvalue weighted by molar-refractivity contribution is 5.78. The van der Waals surface area contributed by atoms with Gasteiger partial charge < -0.3 is 9.80 Å². The molecule has 0 saturated carbocycles. The van der Waals surface area contributed by atoms with Crippen molar-refractivity contribution in [3.8, 4) is 11.1 Å². The van der Waals surface area contributed by atoms with E-state index in [2.05, 4.69) is 21.6 Å². The number of alkyl halides is 2. The van der Waals surface area contributed by atoms with Crippen molar-refractivity contribution in [3.63, 3.8) is 0 Å². The van der Waals surface area contributed by atoms with Crippen LogP contribution in [0.2, 0.25) is 0 Å². The maximum Gasteiger partial charge on any atom is 0.264 e. The molecule has 0 atom stereocenters. The summed E-state index contributed by atoms with van der Waals surface area (Å²) in [7, 11) is 1.78. The molecule has 0 saturated heterocycles. The van der Waals surface area contributed by atoms with Gasteiger partial charge in [-0.1, -0.05) is 6.92 Å². The van der Waals surface area contributed by atoms with Crippen molar-refractivity contribution in [1.29, 1.82) is 0 Å². The SMILES string of the molecule is CCCn1nc(N2CCCc3cc(-c4cnn(C)c4)c(C(F)F)cc32)c2c1CCN(C(C)=O)C2. The van der Waals surface area contributed by atoms with E-state index in [1.807, 2.05) is 11.0 Å². The Hall–Kier alpha value is -3.23. The monoisotopic (exact) mass is 468 g/mol. The molecule has 0 fully saturated rings. The highest BCUT2D eigenvalue weighted by Crippen LogP contribution is 2.42. The van der Waals surface area contributed by atoms with E-state index in [-0.39, 0.29) is 11.5 Å². The minimum absolute atomic E-state index is 0.00544. The van der Waals surface area contributed by atoms with Crippen LogP contribution in [0.5, 0.6) is 0 Å². The van der Waals surface area contributed by atoms with Crippen LogP contribution in [0.15, 0.2) is 24.5 Å². The summed E-state index contributed by atoms with van der Waals surface area (Å²) in [4.78, 5) is 16.0. The highest BCUT2D eigenvalue weighted by Gasteiger charge is 2.32. The predicted octanol–water partition coefficient (Wildman–Crippen LogP) is 4.62. The summed E-state index contributed by atoms with van der Waals surface area (Å²) < 4.78 is 32.1. The number of amides is 1. The van der Waals surface area contributed by atoms with Gasteiger partial charge in [0.2, 0.25) is 5.91 Å². The number of nitrogens with zero attached hydrogens (tertiary/aromatic N) is 6. The smallest absolute Gasteiger partial charge is 0.264 e. The highest BCUT2D eigenvalue weighted by atomic mass is 19.3. The number of benzene rings is 1. The summed E-state index contributed by atoms with van der Waals surface area (Å²) >= 11 is 0. The Kier molecular flexibility index (Phi) is 5.87. The first-order valence-electron chi connectivity index (χ1n) is 11.9. The molecule has 0 spiro atoms. The third kappa shape index (κ3) is 3.86. The van der Waals surface area contributed by atoms with Crippen LogP contribution in [-0.2, 0) is 37.8 Å². The standard InChI is InChI=1S/C25H30F2N6O/c1-4-8-33-22-7-10-31(16(2)34)15-21(22)25(29-33)32-9-5-6-17-11-19(18-13-28-30(3)14-18)20(24(26)27)12-23(17)32/h11-14,24H,4-10,15H2,1-3H3. The largest absolute Gasteiger partial charge is 0.338 e. The molecule has 3 aromatic rings. The zero-order valence-corrected chi connectivity index (χ0v) is 19.9. The Morgan fingerprint density at radius 3 is 2.71 bits per heavy atom. The second-order valence-corrected chi connectivity index (χ2v) is 9.19. The van der Waals surface area contributed by atoms with E-state index < -0.39 is 6.43 Å². The fourth-order valence-corrected chi connectivity index (χ4v) is 5.21. The maximum absolute atomic E-state index is 14.2. The van der Waals surface area contributed by atoms with Crippen molar-refractivity contribution >= 4 is 17.4 Å². The average Bonchev–Trinajstić information content (AvgIpc) is 3.41. The molecule has 7 nitrogen and oxygen atoms in total. The summed E-state index contributed by atoms with van der Waals surface area (Å²) in [6.45, 7) is 6.39. The third-order valence-electron chi connectivity index (χ3n) is 6.87. The van der Waals surface area contributed by atoms with Crippen LogP contribution in [0.1, 0.15) is 55.5 Å². The molecular formula is C25H30F2N6O. The minimum atomic E-state index is -2.61. The van der Waals surface area contributed by atoms with Gasteiger partial charge in [0.15, 0.2) is 5.82 Å². The fraction of sp³-hybridized carbons (Fsp3) is 0.480. The van der Waals surface area contributed by atoms with Crippen molar-refractivity contribution in [2.75, 3.05) is 18.0 Å². The van der Waals surface area contributed by atoms with E-state index in [1.54, 1.807) is 37.1 Å². The summed E-state index contributed by atoms with van der Waals surface area (Å²) in [6, 6.07) is 3.54. The molecule has 180 valence electrons. The number of hydrogen-bond donors (Lipinski definition) is 0. The summed E-state index contributed by atoms with van der Waals surface area (Å²) in [6.07, 6.45) is 4.22. The van der Waals surface area contributed by atoms with Gasteiger partial charge in [-0.25, -0.2) is 8.78 Å². The van der Waals surface area contributed by atoms with E-state index >= 15 is 0 Å². The molecule has 5 rings (SSSR count). The quantitative estimate of drug-likeness (QED) is 0.548. The van der Waals surface area contributed by atoms with Gasteiger partial charge in [-0.15, -0.1) is 0 Å². The maximum atomic E-state index is 14.2. The molecule has 2 aliphatic heterocycles. The van der Waals surface area contributed by atoms with Crippen molar-refractivity contribution in [2.24, 2.45) is 7.05 Å². The topological polar surface area (TPSA) is 59.2 Å². The van der Waals surface area contributed by atoms with Crippen LogP contribution in [-0.4, -0.2) is 43.5 Å². The lowest BCUT2D eigenvalue weighted by Crippen LogP contribution is -2.35. The van der Waals surface area contributed by atoms with E-state index in [4.69, 9.17) is 5.10 Å². The lowest BCUT2D eigenvalue weighted by molar-refractivity contribution is -0.129. The number of aromatic nitrogens is 4. The fourth-order valence-electron chi connectivity index (χ4n) is 5.21. The molecule has 1 aromatic carbocycles. The van der Waals surface area contributed by atoms with Gasteiger partial charge in [0.1, 0.15) is 0 Å². The molecular weight excluding hydrogens is 438 g/mol. The summed E-state index contributed by atoms with van der Waals surface area (Å²) in [5.74, 6) is 0.838. The van der Waals surface area contributed by atoms with Gasteiger partial charge >= 0.3 is 0 Å². The first kappa shape index (κ1) is 22.6. The van der Waals surface area contributed by atoms with Gasteiger partial charge in [-0.05, 0) is 42.5 Å². The van der Waals surface area contributed by atoms with E-state index in [0.717, 1.165) is 60.6 Å². The number of aryl methyl sites for hydroxylation is 3. The van der Waals surface area contributed by atoms with Gasteiger partial charge in [-0.3, -0.25) is 14.2 Å². The van der Waals surface area contributed by atoms with E-state index in [1.165, 1.54) is 0 Å². The normalized spacial score (nSPS) is 15.6. The molecule has 0 aliphatic carbocycles. The molecule has 1 amide bonds. The number of anilines is 2. The van der Waals surface area contributed by atoms with E-state index in [9.17, 15) is 13.6 Å². The summed E-state index contributed by atoms with van der Waals surface area (Å²) in [5, 5.41) is 9.13. The Morgan fingerprint density at radius 2 is 2.03 bits per heavy atom. The van der Waals surface area contributed by atoms with Crippen LogP contribution < -0.4 is 4.90 Å². The first-order chi connectivity index (χ1) is 16.4. The van der Waals surface area contributed by atoms with Crippen LogP contribution in [0.25, 0.3) is 11.1 Å². The molecule has 0 N–H and O–H groups in total. The predicted molar refractivity (Wildman–Crippen MR) is 126 cm³/mol. The molecule has 4 heterocycles. The Balaban J connectivity index is 1.63. The van der Waals surface area contributed by atoms with E-state index in [0.29, 0.717) is 30.8 Å². The van der Waals surface area contributed by atoms with Crippen molar-refractivity contribution in [1.82, 2.24) is 24.5 Å². The van der Waals surface area contributed by atoms with Gasteiger partial charge in [0, 0.05) is 74.3 Å². The Labute approximate surface area is 198 Å². The molecule has 0 unspecified atom stereocenters. The van der Waals surface area contributed by atoms with Crippen LogP contribution >= 0.6 is 0 Å². The third-order valence-corrected chi connectivity index (χ3v) is 6.87. The number of rotatable bonds is 5. The van der Waals surface area contributed by atoms with Gasteiger partial charge in [-0.2, -0.15) is 10.2 Å². The Bertz CT molecular complexity index is 1230. The average molecular weight is 469 g/mol. The number of carbonyl (C=O) groups excluding carboxylic acids is 1. The molecule has 2 aromatic heterocycles. The van der Waals surface area contributed by atoms with Crippen LogP contribution in [0, 0.1) is 0 Å². The molecule has 0 bridgehead atoms. The second kappa shape index (κ2) is 8.85. The number of hydrogen-bond acceptors (Lipinski definition) is 4. The van der Waals surface area contributed by atoms with Crippen molar-refractivity contribution in [2.45, 2.75) is 59.0 Å².